The lowest BCUT2D eigenvalue weighted by molar-refractivity contribution is -0.135. The predicted molar refractivity (Wildman–Crippen MR) is 110 cm³/mol. The zero-order valence-electron chi connectivity index (χ0n) is 18.6. The first-order chi connectivity index (χ1) is 12.9. The highest BCUT2D eigenvalue weighted by Crippen LogP contribution is 2.44. The number of nitrogens with zero attached hydrogens (tertiary/aromatic N) is 1. The Bertz CT molecular complexity index is 586. The van der Waals surface area contributed by atoms with Gasteiger partial charge in [0.05, 0.1) is 0 Å². The van der Waals surface area contributed by atoms with E-state index in [2.05, 4.69) is 31.4 Å². The van der Waals surface area contributed by atoms with E-state index in [0.29, 0.717) is 37.4 Å². The number of piperidine rings is 1. The first kappa shape index (κ1) is 22.7. The Labute approximate surface area is 170 Å². The molecule has 2 atom stereocenters. The Hall–Kier alpha value is -1.59. The first-order valence-corrected chi connectivity index (χ1v) is 10.8. The van der Waals surface area contributed by atoms with Gasteiger partial charge in [-0.3, -0.25) is 14.4 Å². The largest absolute Gasteiger partial charge is 0.355 e. The molecule has 0 radical (unpaired) electrons. The van der Waals surface area contributed by atoms with E-state index >= 15 is 0 Å². The smallest absolute Gasteiger partial charge is 0.225 e. The van der Waals surface area contributed by atoms with Gasteiger partial charge < -0.3 is 15.5 Å². The summed E-state index contributed by atoms with van der Waals surface area (Å²) in [7, 11) is 0. The van der Waals surface area contributed by atoms with Crippen molar-refractivity contribution in [1.82, 2.24) is 15.5 Å². The van der Waals surface area contributed by atoms with Crippen LogP contribution in [-0.4, -0.2) is 48.3 Å². The number of carbonyl (C=O) groups is 3. The summed E-state index contributed by atoms with van der Waals surface area (Å²) in [4.78, 5) is 38.9. The van der Waals surface area contributed by atoms with Crippen molar-refractivity contribution in [3.05, 3.63) is 0 Å². The van der Waals surface area contributed by atoms with Crippen LogP contribution in [0.1, 0.15) is 73.6 Å². The number of hydrogen-bond donors (Lipinski definition) is 2. The van der Waals surface area contributed by atoms with Gasteiger partial charge in [-0.25, -0.2) is 0 Å². The van der Waals surface area contributed by atoms with Crippen LogP contribution in [0.5, 0.6) is 0 Å². The molecule has 6 heteroatoms. The van der Waals surface area contributed by atoms with Crippen molar-refractivity contribution >= 4 is 17.7 Å². The fourth-order valence-electron chi connectivity index (χ4n) is 4.33. The molecule has 0 aromatic heterocycles. The van der Waals surface area contributed by atoms with Crippen molar-refractivity contribution in [2.75, 3.05) is 19.6 Å². The highest BCUT2D eigenvalue weighted by Gasteiger charge is 2.41. The third kappa shape index (κ3) is 5.95. The summed E-state index contributed by atoms with van der Waals surface area (Å²) >= 11 is 0. The number of likely N-dealkylation sites (tertiary alicyclic amines) is 1. The van der Waals surface area contributed by atoms with Gasteiger partial charge in [0.1, 0.15) is 0 Å². The van der Waals surface area contributed by atoms with Gasteiger partial charge in [-0.2, -0.15) is 0 Å². The van der Waals surface area contributed by atoms with Crippen molar-refractivity contribution in [3.8, 4) is 0 Å². The molecule has 28 heavy (non-hydrogen) atoms. The molecule has 2 aliphatic rings. The van der Waals surface area contributed by atoms with E-state index in [9.17, 15) is 14.4 Å². The molecule has 1 aliphatic carbocycles. The Morgan fingerprint density at radius 1 is 1.14 bits per heavy atom. The van der Waals surface area contributed by atoms with Gasteiger partial charge in [-0.1, -0.05) is 41.5 Å². The van der Waals surface area contributed by atoms with Crippen molar-refractivity contribution in [1.29, 1.82) is 0 Å². The highest BCUT2D eigenvalue weighted by molar-refractivity contribution is 5.82. The molecule has 2 unspecified atom stereocenters. The molecule has 6 nitrogen and oxygen atoms in total. The molecule has 0 bridgehead atoms. The molecule has 0 aromatic carbocycles. The van der Waals surface area contributed by atoms with Crippen LogP contribution in [-0.2, 0) is 14.4 Å². The van der Waals surface area contributed by atoms with Crippen molar-refractivity contribution in [2.24, 2.45) is 22.7 Å². The molecule has 2 fully saturated rings. The Balaban J connectivity index is 1.77. The second-order valence-electron chi connectivity index (χ2n) is 10.4. The quantitative estimate of drug-likeness (QED) is 0.728. The van der Waals surface area contributed by atoms with Gasteiger partial charge in [0.2, 0.25) is 17.7 Å². The molecule has 1 aliphatic heterocycles. The average molecular weight is 394 g/mol. The van der Waals surface area contributed by atoms with Crippen LogP contribution in [0.25, 0.3) is 0 Å². The lowest BCUT2D eigenvalue weighted by atomic mass is 9.64. The van der Waals surface area contributed by atoms with Gasteiger partial charge in [0.15, 0.2) is 0 Å². The standard InChI is InChI=1S/C22H39N3O3/c1-7-15-14-25(18(26)8-10-23-20(28)21(2,3)4)11-9-17(15)24-19(27)16-12-22(5,6)13-16/h15-17H,7-14H2,1-6H3,(H,23,28)(H,24,27). The zero-order valence-corrected chi connectivity index (χ0v) is 18.6. The van der Waals surface area contributed by atoms with Crippen LogP contribution in [0, 0.1) is 22.7 Å². The van der Waals surface area contributed by atoms with Gasteiger partial charge >= 0.3 is 0 Å². The fourth-order valence-corrected chi connectivity index (χ4v) is 4.33. The fraction of sp³-hybridized carbons (Fsp3) is 0.864. The molecule has 0 spiro atoms. The maximum Gasteiger partial charge on any atom is 0.225 e. The summed E-state index contributed by atoms with van der Waals surface area (Å²) in [5.41, 5.74) is -0.146. The molecular formula is C22H39N3O3. The van der Waals surface area contributed by atoms with E-state index in [1.165, 1.54) is 0 Å². The van der Waals surface area contributed by atoms with E-state index in [1.54, 1.807) is 0 Å². The van der Waals surface area contributed by atoms with Gasteiger partial charge in [0.25, 0.3) is 0 Å². The van der Waals surface area contributed by atoms with Crippen LogP contribution in [0.15, 0.2) is 0 Å². The van der Waals surface area contributed by atoms with Crippen LogP contribution >= 0.6 is 0 Å². The van der Waals surface area contributed by atoms with Crippen molar-refractivity contribution in [3.63, 3.8) is 0 Å². The zero-order chi connectivity index (χ0) is 21.1. The minimum absolute atomic E-state index is 0.0349. The Kier molecular flexibility index (Phi) is 7.16. The molecule has 0 aromatic rings. The molecule has 1 saturated heterocycles. The van der Waals surface area contributed by atoms with Crippen LogP contribution in [0.2, 0.25) is 0 Å². The van der Waals surface area contributed by atoms with Gasteiger partial charge in [-0.05, 0) is 37.0 Å². The van der Waals surface area contributed by atoms with E-state index in [0.717, 1.165) is 25.7 Å². The Morgan fingerprint density at radius 2 is 1.79 bits per heavy atom. The summed E-state index contributed by atoms with van der Waals surface area (Å²) in [6, 6.07) is 0.158. The molecule has 1 heterocycles. The van der Waals surface area contributed by atoms with Gasteiger partial charge in [-0.15, -0.1) is 0 Å². The lowest BCUT2D eigenvalue weighted by Crippen LogP contribution is -2.54. The number of hydrogen-bond acceptors (Lipinski definition) is 3. The summed E-state index contributed by atoms with van der Waals surface area (Å²) in [5.74, 6) is 0.676. The second kappa shape index (κ2) is 8.83. The number of carbonyl (C=O) groups excluding carboxylic acids is 3. The van der Waals surface area contributed by atoms with Crippen LogP contribution in [0.4, 0.5) is 0 Å². The number of rotatable bonds is 6. The molecule has 2 rings (SSSR count). The maximum atomic E-state index is 12.5. The van der Waals surface area contributed by atoms with Crippen molar-refractivity contribution < 1.29 is 14.4 Å². The summed E-state index contributed by atoms with van der Waals surface area (Å²) < 4.78 is 0. The number of amides is 3. The monoisotopic (exact) mass is 393 g/mol. The third-order valence-electron chi connectivity index (χ3n) is 6.21. The Morgan fingerprint density at radius 3 is 2.32 bits per heavy atom. The maximum absolute atomic E-state index is 12.5. The molecule has 2 N–H and O–H groups in total. The normalized spacial score (nSPS) is 25.0. The van der Waals surface area contributed by atoms with E-state index in [1.807, 2.05) is 25.7 Å². The molecule has 1 saturated carbocycles. The first-order valence-electron chi connectivity index (χ1n) is 10.8. The predicted octanol–water partition coefficient (Wildman–Crippen LogP) is 2.72. The lowest BCUT2D eigenvalue weighted by Gasteiger charge is -2.44. The minimum Gasteiger partial charge on any atom is -0.355 e. The molecular weight excluding hydrogens is 354 g/mol. The number of nitrogens with one attached hydrogen (secondary N) is 2. The van der Waals surface area contributed by atoms with Crippen molar-refractivity contribution in [2.45, 2.75) is 79.7 Å². The topological polar surface area (TPSA) is 78.5 Å². The summed E-state index contributed by atoms with van der Waals surface area (Å²) in [5, 5.41) is 6.10. The average Bonchev–Trinajstić information content (AvgIpc) is 2.58. The molecule has 3 amide bonds. The minimum atomic E-state index is -0.442. The summed E-state index contributed by atoms with van der Waals surface area (Å²) in [6.45, 7) is 13.8. The SMILES string of the molecule is CCC1CN(C(=O)CCNC(=O)C(C)(C)C)CCC1NC(=O)C1CC(C)(C)C1. The molecule has 160 valence electrons. The van der Waals surface area contributed by atoms with Gasteiger partial charge in [0, 0.05) is 43.4 Å². The third-order valence-corrected chi connectivity index (χ3v) is 6.21. The van der Waals surface area contributed by atoms with E-state index < -0.39 is 5.41 Å². The van der Waals surface area contributed by atoms with Crippen LogP contribution in [0.3, 0.4) is 0 Å². The van der Waals surface area contributed by atoms with E-state index in [-0.39, 0.29) is 29.7 Å². The van der Waals surface area contributed by atoms with Crippen LogP contribution < -0.4 is 10.6 Å². The van der Waals surface area contributed by atoms with E-state index in [4.69, 9.17) is 0 Å². The summed E-state index contributed by atoms with van der Waals surface area (Å²) in [6.07, 6.45) is 4.00. The highest BCUT2D eigenvalue weighted by atomic mass is 16.2. The second-order valence-corrected chi connectivity index (χ2v) is 10.4.